The van der Waals surface area contributed by atoms with Gasteiger partial charge in [-0.1, -0.05) is 24.4 Å². The fraction of sp³-hybridized carbons (Fsp3) is 0.650. The lowest BCUT2D eigenvalue weighted by atomic mass is 9.91. The predicted molar refractivity (Wildman–Crippen MR) is 151 cm³/mol. The molecule has 0 radical (unpaired) electrons. The summed E-state index contributed by atoms with van der Waals surface area (Å²) in [7, 11) is 0. The standard InChI is InChI=1S/C20H35ClN10O.3ClH/c1-13(22)26-9-4-10-31-11-6-14(7-12-31)5-2-3-8-27-20(25)30-19(32)15-17(23)29-18(24)16(21)28-15;;;/h14H,2-12H2,1H3,(H2,22,26)(H4,23,24,29)(H3,25,27,30,32);3*1H. The molecule has 1 aromatic rings. The zero-order valence-electron chi connectivity index (χ0n) is 19.9. The minimum absolute atomic E-state index is 0. The van der Waals surface area contributed by atoms with Crippen LogP contribution in [-0.4, -0.2) is 65.3 Å². The highest BCUT2D eigenvalue weighted by Gasteiger charge is 2.19. The number of piperidine rings is 1. The van der Waals surface area contributed by atoms with Gasteiger partial charge >= 0.3 is 0 Å². The summed E-state index contributed by atoms with van der Waals surface area (Å²) in [4.78, 5) is 30.8. The van der Waals surface area contributed by atoms with E-state index in [1.807, 2.05) is 6.92 Å². The highest BCUT2D eigenvalue weighted by atomic mass is 35.5. The van der Waals surface area contributed by atoms with Crippen LogP contribution in [0.25, 0.3) is 0 Å². The number of hydrogen-bond donors (Lipinski definition) is 5. The Hall–Kier alpha value is -1.79. The van der Waals surface area contributed by atoms with Crippen LogP contribution < -0.4 is 28.3 Å². The molecule has 0 bridgehead atoms. The van der Waals surface area contributed by atoms with Gasteiger partial charge in [-0.3, -0.25) is 20.1 Å². The monoisotopic (exact) mass is 574 g/mol. The highest BCUT2D eigenvalue weighted by molar-refractivity contribution is 6.31. The van der Waals surface area contributed by atoms with Crippen LogP contribution >= 0.6 is 48.8 Å². The van der Waals surface area contributed by atoms with E-state index in [-0.39, 0.29) is 65.7 Å². The molecule has 0 atom stereocenters. The average Bonchev–Trinajstić information content (AvgIpc) is 2.74. The van der Waals surface area contributed by atoms with Gasteiger partial charge in [0.25, 0.3) is 5.91 Å². The number of amides is 1. The maximum Gasteiger partial charge on any atom is 0.280 e. The second kappa shape index (κ2) is 18.5. The molecule has 1 aromatic heterocycles. The Morgan fingerprint density at radius 3 is 2.29 bits per heavy atom. The summed E-state index contributed by atoms with van der Waals surface area (Å²) in [5, 5.41) is 2.35. The van der Waals surface area contributed by atoms with Crippen molar-refractivity contribution in [1.82, 2.24) is 20.2 Å². The molecular weight excluding hydrogens is 538 g/mol. The number of unbranched alkanes of at least 4 members (excludes halogenated alkanes) is 1. The number of aliphatic imine (C=N–C) groups is 2. The Morgan fingerprint density at radius 1 is 1.03 bits per heavy atom. The number of carbonyl (C=O) groups is 1. The van der Waals surface area contributed by atoms with Crippen LogP contribution in [0, 0.1) is 5.92 Å². The first-order valence-corrected chi connectivity index (χ1v) is 11.3. The van der Waals surface area contributed by atoms with E-state index in [0.29, 0.717) is 12.4 Å². The zero-order valence-corrected chi connectivity index (χ0v) is 23.1. The molecule has 1 aliphatic heterocycles. The van der Waals surface area contributed by atoms with Gasteiger partial charge < -0.3 is 27.8 Å². The Morgan fingerprint density at radius 2 is 1.66 bits per heavy atom. The van der Waals surface area contributed by atoms with Crippen molar-refractivity contribution in [3.63, 3.8) is 0 Å². The van der Waals surface area contributed by atoms with Crippen molar-refractivity contribution in [2.75, 3.05) is 44.2 Å². The molecule has 9 N–H and O–H groups in total. The summed E-state index contributed by atoms with van der Waals surface area (Å²) in [6, 6.07) is 0. The van der Waals surface area contributed by atoms with E-state index in [4.69, 9.17) is 34.5 Å². The summed E-state index contributed by atoms with van der Waals surface area (Å²) in [6.45, 7) is 6.55. The van der Waals surface area contributed by atoms with E-state index in [2.05, 4.69) is 30.2 Å². The van der Waals surface area contributed by atoms with Gasteiger partial charge in [0.2, 0.25) is 0 Å². The quantitative estimate of drug-likeness (QED) is 0.159. The molecule has 1 amide bonds. The number of anilines is 2. The van der Waals surface area contributed by atoms with Gasteiger partial charge in [0.05, 0.1) is 5.84 Å². The van der Waals surface area contributed by atoms with Crippen molar-refractivity contribution in [3.8, 4) is 0 Å². The van der Waals surface area contributed by atoms with Gasteiger partial charge in [0.15, 0.2) is 28.4 Å². The number of likely N-dealkylation sites (tertiary alicyclic amines) is 1. The van der Waals surface area contributed by atoms with Crippen LogP contribution in [0.2, 0.25) is 5.15 Å². The van der Waals surface area contributed by atoms with Crippen LogP contribution in [0.5, 0.6) is 0 Å². The van der Waals surface area contributed by atoms with E-state index < -0.39 is 5.91 Å². The molecular formula is C20H38Cl4N10O. The average molecular weight is 576 g/mol. The van der Waals surface area contributed by atoms with E-state index in [0.717, 1.165) is 51.4 Å². The van der Waals surface area contributed by atoms with Gasteiger partial charge in [-0.25, -0.2) is 9.97 Å². The maximum absolute atomic E-state index is 12.2. The number of halogens is 4. The number of nitrogen functional groups attached to an aromatic ring is 2. The number of amidine groups is 1. The van der Waals surface area contributed by atoms with E-state index in [1.54, 1.807) is 0 Å². The van der Waals surface area contributed by atoms with Crippen molar-refractivity contribution in [2.45, 2.75) is 45.4 Å². The van der Waals surface area contributed by atoms with Crippen molar-refractivity contribution in [2.24, 2.45) is 27.4 Å². The van der Waals surface area contributed by atoms with Gasteiger partial charge in [0, 0.05) is 13.1 Å². The summed E-state index contributed by atoms with van der Waals surface area (Å²) in [5.74, 6) is 0.626. The number of rotatable bonds is 10. The largest absolute Gasteiger partial charge is 0.388 e. The first-order valence-electron chi connectivity index (χ1n) is 10.9. The van der Waals surface area contributed by atoms with Gasteiger partial charge in [-0.15, -0.1) is 37.2 Å². The highest BCUT2D eigenvalue weighted by Crippen LogP contribution is 2.22. The molecule has 35 heavy (non-hydrogen) atoms. The third-order valence-electron chi connectivity index (χ3n) is 5.36. The number of guanidine groups is 1. The topological polar surface area (TPSA) is 187 Å². The minimum atomic E-state index is -0.630. The number of nitrogens with two attached hydrogens (primary N) is 4. The SMILES string of the molecule is CC(N)=NCCCN1CCC(CCCCN=C(N)NC(=O)c2nc(Cl)c(N)nc2N)CC1.Cl.Cl.Cl. The molecule has 2 heterocycles. The molecule has 0 spiro atoms. The summed E-state index contributed by atoms with van der Waals surface area (Å²) >= 11 is 5.79. The molecule has 2 rings (SSSR count). The Kier molecular flexibility index (Phi) is 18.7. The molecule has 0 saturated carbocycles. The van der Waals surface area contributed by atoms with E-state index >= 15 is 0 Å². The van der Waals surface area contributed by atoms with Gasteiger partial charge in [-0.2, -0.15) is 0 Å². The van der Waals surface area contributed by atoms with Crippen LogP contribution in [-0.2, 0) is 0 Å². The van der Waals surface area contributed by atoms with Crippen LogP contribution in [0.1, 0.15) is 55.9 Å². The Labute approximate surface area is 230 Å². The number of nitrogens with zero attached hydrogens (tertiary/aromatic N) is 5. The number of aromatic nitrogens is 2. The molecule has 202 valence electrons. The van der Waals surface area contributed by atoms with Crippen molar-refractivity contribution in [3.05, 3.63) is 10.8 Å². The molecule has 0 unspecified atom stereocenters. The number of nitrogens with one attached hydrogen (secondary N) is 1. The molecule has 15 heteroatoms. The maximum atomic E-state index is 12.2. The molecule has 1 aliphatic rings. The molecule has 1 fully saturated rings. The summed E-state index contributed by atoms with van der Waals surface area (Å²) in [6.07, 6.45) is 6.68. The first-order chi connectivity index (χ1) is 15.3. The third kappa shape index (κ3) is 13.2. The van der Waals surface area contributed by atoms with E-state index in [1.165, 1.54) is 19.3 Å². The summed E-state index contributed by atoms with van der Waals surface area (Å²) in [5.41, 5.74) is 22.4. The first kappa shape index (κ1) is 35.4. The lowest BCUT2D eigenvalue weighted by Gasteiger charge is -2.31. The lowest BCUT2D eigenvalue weighted by molar-refractivity contribution is 0.0972. The van der Waals surface area contributed by atoms with E-state index in [9.17, 15) is 4.79 Å². The second-order valence-electron chi connectivity index (χ2n) is 8.01. The number of hydrogen-bond acceptors (Lipinski definition) is 8. The molecule has 1 saturated heterocycles. The van der Waals surface area contributed by atoms with Gasteiger partial charge in [0.1, 0.15) is 0 Å². The smallest absolute Gasteiger partial charge is 0.280 e. The predicted octanol–water partition coefficient (Wildman–Crippen LogP) is 2.25. The Balaban J connectivity index is 0. The zero-order chi connectivity index (χ0) is 23.5. The van der Waals surface area contributed by atoms with Crippen LogP contribution in [0.15, 0.2) is 9.98 Å². The molecule has 0 aliphatic carbocycles. The van der Waals surface area contributed by atoms with Crippen molar-refractivity contribution < 1.29 is 4.79 Å². The fourth-order valence-electron chi connectivity index (χ4n) is 3.62. The normalized spacial score (nSPS) is 14.9. The summed E-state index contributed by atoms with van der Waals surface area (Å²) < 4.78 is 0. The fourth-order valence-corrected chi connectivity index (χ4v) is 3.74. The second-order valence-corrected chi connectivity index (χ2v) is 8.37. The van der Waals surface area contributed by atoms with Crippen molar-refractivity contribution in [1.29, 1.82) is 0 Å². The Bertz CT molecular complexity index is 828. The lowest BCUT2D eigenvalue weighted by Crippen LogP contribution is -2.38. The number of carbonyl (C=O) groups excluding carboxylic acids is 1. The van der Waals surface area contributed by atoms with Gasteiger partial charge in [-0.05, 0) is 58.2 Å². The van der Waals surface area contributed by atoms with Crippen LogP contribution in [0.4, 0.5) is 11.6 Å². The van der Waals surface area contributed by atoms with Crippen LogP contribution in [0.3, 0.4) is 0 Å². The third-order valence-corrected chi connectivity index (χ3v) is 5.64. The van der Waals surface area contributed by atoms with Crippen molar-refractivity contribution >= 4 is 78.2 Å². The minimum Gasteiger partial charge on any atom is -0.388 e. The molecule has 11 nitrogen and oxygen atoms in total. The molecule has 0 aromatic carbocycles.